The third-order valence-electron chi connectivity index (χ3n) is 6.77. The van der Waals surface area contributed by atoms with Crippen LogP contribution in [0, 0.1) is 0 Å². The van der Waals surface area contributed by atoms with E-state index in [2.05, 4.69) is 47.1 Å². The summed E-state index contributed by atoms with van der Waals surface area (Å²) in [5.41, 5.74) is 11.0. The van der Waals surface area contributed by atoms with Crippen LogP contribution in [0.5, 0.6) is 0 Å². The predicted octanol–water partition coefficient (Wildman–Crippen LogP) is 3.79. The van der Waals surface area contributed by atoms with E-state index >= 15 is 0 Å². The van der Waals surface area contributed by atoms with Crippen LogP contribution in [-0.4, -0.2) is 51.6 Å². The first-order chi connectivity index (χ1) is 17.0. The van der Waals surface area contributed by atoms with Crippen molar-refractivity contribution in [1.82, 2.24) is 19.5 Å². The SMILES string of the molecule is CC.CCC1N=CC(c2cnc3c(c2)CN(C2Nn4c(nc(COC)cc4=O)C=C2C)CC3)=C1C. The van der Waals surface area contributed by atoms with Gasteiger partial charge in [-0.2, -0.15) is 0 Å². The summed E-state index contributed by atoms with van der Waals surface area (Å²) in [5.74, 6) is 0.609. The van der Waals surface area contributed by atoms with Crippen molar-refractivity contribution in [2.24, 2.45) is 4.99 Å². The smallest absolute Gasteiger partial charge is 0.272 e. The van der Waals surface area contributed by atoms with Gasteiger partial charge < -0.3 is 4.74 Å². The first-order valence-electron chi connectivity index (χ1n) is 12.5. The molecule has 2 unspecified atom stereocenters. The van der Waals surface area contributed by atoms with Crippen molar-refractivity contribution >= 4 is 17.9 Å². The maximum Gasteiger partial charge on any atom is 0.272 e. The van der Waals surface area contributed by atoms with Gasteiger partial charge in [0.05, 0.1) is 18.3 Å². The van der Waals surface area contributed by atoms with Crippen molar-refractivity contribution in [3.63, 3.8) is 0 Å². The minimum Gasteiger partial charge on any atom is -0.378 e. The number of pyridine rings is 1. The average molecular weight is 477 g/mol. The van der Waals surface area contributed by atoms with E-state index < -0.39 is 0 Å². The van der Waals surface area contributed by atoms with Crippen LogP contribution in [-0.2, 0) is 24.3 Å². The third-order valence-corrected chi connectivity index (χ3v) is 6.77. The number of hydrogen-bond donors (Lipinski definition) is 1. The van der Waals surface area contributed by atoms with E-state index in [-0.39, 0.29) is 17.8 Å². The Labute approximate surface area is 207 Å². The highest BCUT2D eigenvalue weighted by molar-refractivity contribution is 6.13. The number of nitrogens with zero attached hydrogens (tertiary/aromatic N) is 5. The van der Waals surface area contributed by atoms with E-state index in [1.165, 1.54) is 27.5 Å². The second kappa shape index (κ2) is 10.7. The van der Waals surface area contributed by atoms with Crippen LogP contribution in [0.15, 0.2) is 39.3 Å². The van der Waals surface area contributed by atoms with Gasteiger partial charge in [0.15, 0.2) is 5.82 Å². The first kappa shape index (κ1) is 25.0. The minimum atomic E-state index is -0.129. The lowest BCUT2D eigenvalue weighted by Crippen LogP contribution is -2.51. The molecule has 3 aliphatic rings. The molecule has 0 bridgehead atoms. The molecule has 35 heavy (non-hydrogen) atoms. The van der Waals surface area contributed by atoms with Crippen LogP contribution in [0.3, 0.4) is 0 Å². The van der Waals surface area contributed by atoms with Crippen LogP contribution >= 0.6 is 0 Å². The van der Waals surface area contributed by atoms with Gasteiger partial charge in [-0.05, 0) is 49.1 Å². The first-order valence-corrected chi connectivity index (χ1v) is 12.5. The summed E-state index contributed by atoms with van der Waals surface area (Å²) in [6.07, 6.45) is 7.77. The molecular weight excluding hydrogens is 440 g/mol. The second-order valence-corrected chi connectivity index (χ2v) is 8.98. The topological polar surface area (TPSA) is 84.6 Å². The highest BCUT2D eigenvalue weighted by atomic mass is 16.5. The highest BCUT2D eigenvalue weighted by Gasteiger charge is 2.29. The summed E-state index contributed by atoms with van der Waals surface area (Å²) in [5, 5.41) is 0. The number of hydrogen-bond acceptors (Lipinski definition) is 7. The Balaban J connectivity index is 0.00000141. The van der Waals surface area contributed by atoms with Gasteiger partial charge in [-0.25, -0.2) is 9.66 Å². The lowest BCUT2D eigenvalue weighted by atomic mass is 9.96. The number of aromatic nitrogens is 3. The molecule has 8 heteroatoms. The molecule has 2 aromatic rings. The van der Waals surface area contributed by atoms with E-state index in [0.717, 1.165) is 42.8 Å². The Morgan fingerprint density at radius 1 is 1.23 bits per heavy atom. The Bertz CT molecular complexity index is 1240. The molecule has 0 spiro atoms. The lowest BCUT2D eigenvalue weighted by molar-refractivity contribution is 0.180. The quantitative estimate of drug-likeness (QED) is 0.707. The predicted molar refractivity (Wildman–Crippen MR) is 141 cm³/mol. The molecule has 1 N–H and O–H groups in total. The number of rotatable bonds is 5. The number of methoxy groups -OCH3 is 1. The Kier molecular flexibility index (Phi) is 7.62. The largest absolute Gasteiger partial charge is 0.378 e. The van der Waals surface area contributed by atoms with Crippen LogP contribution in [0.4, 0.5) is 0 Å². The molecular formula is C27H36N6O2. The van der Waals surface area contributed by atoms with E-state index in [1.54, 1.807) is 7.11 Å². The number of nitrogens with one attached hydrogen (secondary N) is 1. The summed E-state index contributed by atoms with van der Waals surface area (Å²) in [6.45, 7) is 12.4. The van der Waals surface area contributed by atoms with Crippen molar-refractivity contribution in [3.05, 3.63) is 68.2 Å². The number of allylic oxidation sites excluding steroid dienone is 1. The van der Waals surface area contributed by atoms with Gasteiger partial charge in [0.2, 0.25) is 0 Å². The summed E-state index contributed by atoms with van der Waals surface area (Å²) in [6, 6.07) is 4.07. The average Bonchev–Trinajstić information content (AvgIpc) is 3.24. The Morgan fingerprint density at radius 2 is 2.03 bits per heavy atom. The third kappa shape index (κ3) is 4.86. The van der Waals surface area contributed by atoms with Crippen molar-refractivity contribution in [2.45, 2.75) is 72.8 Å². The van der Waals surface area contributed by atoms with Gasteiger partial charge in [-0.3, -0.25) is 25.1 Å². The molecule has 0 radical (unpaired) electrons. The van der Waals surface area contributed by atoms with Crippen LogP contribution < -0.4 is 11.0 Å². The van der Waals surface area contributed by atoms with E-state index in [1.807, 2.05) is 32.3 Å². The fourth-order valence-electron chi connectivity index (χ4n) is 4.96. The maximum atomic E-state index is 12.7. The molecule has 5 heterocycles. The zero-order chi connectivity index (χ0) is 25.1. The van der Waals surface area contributed by atoms with Crippen LogP contribution in [0.25, 0.3) is 11.6 Å². The normalized spacial score (nSPS) is 21.0. The number of fused-ring (bicyclic) bond motifs is 2. The number of ether oxygens (including phenoxy) is 1. The monoisotopic (exact) mass is 476 g/mol. The fraction of sp³-hybridized carbons (Fsp3) is 0.481. The molecule has 0 aromatic carbocycles. The van der Waals surface area contributed by atoms with Crippen molar-refractivity contribution in [2.75, 3.05) is 19.1 Å². The molecule has 5 rings (SSSR count). The molecule has 0 aliphatic carbocycles. The molecule has 0 saturated carbocycles. The Hall–Kier alpha value is -3.10. The molecule has 0 saturated heterocycles. The van der Waals surface area contributed by atoms with Gasteiger partial charge in [-0.1, -0.05) is 20.8 Å². The molecule has 2 aromatic heterocycles. The van der Waals surface area contributed by atoms with Crippen LogP contribution in [0.1, 0.15) is 69.4 Å². The van der Waals surface area contributed by atoms with Crippen molar-refractivity contribution in [1.29, 1.82) is 0 Å². The minimum absolute atomic E-state index is 0.0828. The zero-order valence-electron chi connectivity index (χ0n) is 21.6. The van der Waals surface area contributed by atoms with Gasteiger partial charge in [0, 0.05) is 61.9 Å². The van der Waals surface area contributed by atoms with Crippen molar-refractivity contribution < 1.29 is 4.74 Å². The molecule has 2 atom stereocenters. The molecule has 3 aliphatic heterocycles. The fourth-order valence-corrected chi connectivity index (χ4v) is 4.96. The highest BCUT2D eigenvalue weighted by Crippen LogP contribution is 2.30. The van der Waals surface area contributed by atoms with Crippen molar-refractivity contribution in [3.8, 4) is 0 Å². The second-order valence-electron chi connectivity index (χ2n) is 8.98. The molecule has 0 fully saturated rings. The van der Waals surface area contributed by atoms with E-state index in [9.17, 15) is 4.79 Å². The molecule has 8 nitrogen and oxygen atoms in total. The lowest BCUT2D eigenvalue weighted by Gasteiger charge is -2.38. The van der Waals surface area contributed by atoms with Gasteiger partial charge in [-0.15, -0.1) is 0 Å². The van der Waals surface area contributed by atoms with Gasteiger partial charge in [0.1, 0.15) is 6.17 Å². The van der Waals surface area contributed by atoms with E-state index in [0.29, 0.717) is 18.1 Å². The maximum absolute atomic E-state index is 12.7. The Morgan fingerprint density at radius 3 is 2.74 bits per heavy atom. The number of aliphatic imine (C=N–C) groups is 1. The summed E-state index contributed by atoms with van der Waals surface area (Å²) in [4.78, 5) is 29.1. The van der Waals surface area contributed by atoms with Gasteiger partial charge >= 0.3 is 0 Å². The molecule has 186 valence electrons. The summed E-state index contributed by atoms with van der Waals surface area (Å²) in [7, 11) is 1.60. The molecule has 0 amide bonds. The summed E-state index contributed by atoms with van der Waals surface area (Å²) >= 11 is 0. The zero-order valence-corrected chi connectivity index (χ0v) is 21.6. The summed E-state index contributed by atoms with van der Waals surface area (Å²) < 4.78 is 6.68. The standard InChI is InChI=1S/C25H30N6O2.C2H6/c1-5-21-16(3)20(12-27-21)17-9-18-13-30(7-6-22(18)26-11-17)25-15(2)8-23-28-19(14-33-4)10-24(32)31(23)29-25;1-2/h8-12,21,25,29H,5-7,13-14H2,1-4H3;1-2H3. The van der Waals surface area contributed by atoms with Gasteiger partial charge in [0.25, 0.3) is 5.56 Å². The van der Waals surface area contributed by atoms with Crippen LogP contribution in [0.2, 0.25) is 0 Å². The van der Waals surface area contributed by atoms with E-state index in [4.69, 9.17) is 9.72 Å².